The predicted octanol–water partition coefficient (Wildman–Crippen LogP) is 3.42. The maximum atomic E-state index is 11.6. The smallest absolute Gasteiger partial charge is 0.306 e. The summed E-state index contributed by atoms with van der Waals surface area (Å²) in [6, 6.07) is 6.24. The summed E-state index contributed by atoms with van der Waals surface area (Å²) in [7, 11) is 0. The van der Waals surface area contributed by atoms with E-state index in [1.54, 1.807) is 6.07 Å². The molecule has 4 heteroatoms. The molecule has 1 saturated carbocycles. The number of carbonyl (C=O) groups is 1. The summed E-state index contributed by atoms with van der Waals surface area (Å²) in [6.45, 7) is 6.39. The van der Waals surface area contributed by atoms with Gasteiger partial charge in [0.15, 0.2) is 0 Å². The minimum Gasteiger partial charge on any atom is -0.508 e. The standard InChI is InChI=1S/C21H29NO3/c1-13(20(24)25)11-21-7-8-22(12-15-3-4-15)19(14(21)2)9-16-5-6-17(23)10-18(16)21/h5-6,10,13-15,19,23H,3-4,7-9,11-12H2,1-2H3,(H,24,25)/t13?,14-,19?,21+/m0/s1. The maximum Gasteiger partial charge on any atom is 0.306 e. The summed E-state index contributed by atoms with van der Waals surface area (Å²) in [6.07, 6.45) is 5.40. The van der Waals surface area contributed by atoms with Gasteiger partial charge in [-0.05, 0) is 73.7 Å². The molecule has 2 fully saturated rings. The zero-order valence-electron chi connectivity index (χ0n) is 15.2. The summed E-state index contributed by atoms with van der Waals surface area (Å²) in [5, 5.41) is 19.6. The summed E-state index contributed by atoms with van der Waals surface area (Å²) in [5.41, 5.74) is 2.38. The molecule has 3 aliphatic rings. The van der Waals surface area contributed by atoms with E-state index in [0.717, 1.165) is 25.3 Å². The van der Waals surface area contributed by atoms with Crippen molar-refractivity contribution in [3.05, 3.63) is 29.3 Å². The first-order chi connectivity index (χ1) is 11.9. The molecule has 0 amide bonds. The van der Waals surface area contributed by atoms with E-state index >= 15 is 0 Å². The lowest BCUT2D eigenvalue weighted by atomic mass is 9.55. The Bertz CT molecular complexity index is 684. The Balaban J connectivity index is 1.74. The Morgan fingerprint density at radius 2 is 2.16 bits per heavy atom. The van der Waals surface area contributed by atoms with Crippen molar-refractivity contribution >= 4 is 5.97 Å². The van der Waals surface area contributed by atoms with Crippen LogP contribution in [0.15, 0.2) is 18.2 Å². The molecule has 2 N–H and O–H groups in total. The normalized spacial score (nSPS) is 32.9. The van der Waals surface area contributed by atoms with Crippen LogP contribution in [-0.2, 0) is 16.6 Å². The van der Waals surface area contributed by atoms with Crippen molar-refractivity contribution in [1.29, 1.82) is 0 Å². The number of carboxylic acid groups (broad SMARTS) is 1. The third-order valence-corrected chi connectivity index (χ3v) is 7.10. The molecule has 1 aromatic rings. The SMILES string of the molecule is CC(C[C@@]12CCN(CC3CC3)C(Cc3ccc(O)cc31)[C@@H]2C)C(=O)O. The molecule has 2 bridgehead atoms. The van der Waals surface area contributed by atoms with Gasteiger partial charge in [0.1, 0.15) is 5.75 Å². The number of nitrogens with zero attached hydrogens (tertiary/aromatic N) is 1. The molecule has 2 unspecified atom stereocenters. The number of phenols is 1. The number of benzene rings is 1. The van der Waals surface area contributed by atoms with Crippen LogP contribution in [0.5, 0.6) is 5.75 Å². The van der Waals surface area contributed by atoms with Gasteiger partial charge in [-0.1, -0.05) is 19.9 Å². The van der Waals surface area contributed by atoms with Gasteiger partial charge in [-0.25, -0.2) is 0 Å². The molecule has 4 nitrogen and oxygen atoms in total. The number of phenolic OH excluding ortho intramolecular Hbond substituents is 1. The van der Waals surface area contributed by atoms with Crippen LogP contribution in [0.2, 0.25) is 0 Å². The van der Waals surface area contributed by atoms with Gasteiger partial charge in [-0.3, -0.25) is 9.69 Å². The molecule has 1 aliphatic heterocycles. The van der Waals surface area contributed by atoms with Gasteiger partial charge < -0.3 is 10.2 Å². The minimum absolute atomic E-state index is 0.130. The maximum absolute atomic E-state index is 11.6. The number of aromatic hydroxyl groups is 1. The highest BCUT2D eigenvalue weighted by Gasteiger charge is 2.52. The lowest BCUT2D eigenvalue weighted by Gasteiger charge is -2.56. The minimum atomic E-state index is -0.717. The predicted molar refractivity (Wildman–Crippen MR) is 96.8 cm³/mol. The molecular weight excluding hydrogens is 314 g/mol. The Kier molecular flexibility index (Phi) is 4.06. The van der Waals surface area contributed by atoms with E-state index in [9.17, 15) is 15.0 Å². The van der Waals surface area contributed by atoms with Crippen LogP contribution < -0.4 is 0 Å². The monoisotopic (exact) mass is 343 g/mol. The average molecular weight is 343 g/mol. The van der Waals surface area contributed by atoms with Crippen LogP contribution in [0.4, 0.5) is 0 Å². The number of likely N-dealkylation sites (tertiary alicyclic amines) is 1. The summed E-state index contributed by atoms with van der Waals surface area (Å²) in [5.74, 6) is 0.499. The molecule has 1 saturated heterocycles. The van der Waals surface area contributed by atoms with E-state index < -0.39 is 5.97 Å². The van der Waals surface area contributed by atoms with Crippen molar-refractivity contribution < 1.29 is 15.0 Å². The lowest BCUT2D eigenvalue weighted by molar-refractivity contribution is -0.142. The molecule has 4 rings (SSSR count). The summed E-state index contributed by atoms with van der Waals surface area (Å²) in [4.78, 5) is 14.2. The van der Waals surface area contributed by atoms with Crippen LogP contribution in [0.25, 0.3) is 0 Å². The number of aliphatic carboxylic acids is 1. The van der Waals surface area contributed by atoms with Crippen molar-refractivity contribution in [3.8, 4) is 5.75 Å². The molecular formula is C21H29NO3. The van der Waals surface area contributed by atoms with Gasteiger partial charge in [-0.15, -0.1) is 0 Å². The second-order valence-corrected chi connectivity index (χ2v) is 8.69. The van der Waals surface area contributed by atoms with Crippen LogP contribution >= 0.6 is 0 Å². The largest absolute Gasteiger partial charge is 0.508 e. The van der Waals surface area contributed by atoms with Gasteiger partial charge in [0.2, 0.25) is 0 Å². The van der Waals surface area contributed by atoms with E-state index in [1.807, 2.05) is 13.0 Å². The first kappa shape index (κ1) is 16.9. The highest BCUT2D eigenvalue weighted by molar-refractivity contribution is 5.69. The first-order valence-electron chi connectivity index (χ1n) is 9.70. The van der Waals surface area contributed by atoms with Crippen LogP contribution in [0.3, 0.4) is 0 Å². The Hall–Kier alpha value is -1.55. The lowest BCUT2D eigenvalue weighted by Crippen LogP contribution is -2.59. The fourth-order valence-corrected chi connectivity index (χ4v) is 5.43. The number of hydrogen-bond acceptors (Lipinski definition) is 3. The summed E-state index contributed by atoms with van der Waals surface area (Å²) >= 11 is 0. The van der Waals surface area contributed by atoms with E-state index in [1.165, 1.54) is 30.5 Å². The average Bonchev–Trinajstić information content (AvgIpc) is 3.37. The second kappa shape index (κ2) is 6.01. The molecule has 0 radical (unpaired) electrons. The number of fused-ring (bicyclic) bond motifs is 4. The Morgan fingerprint density at radius 3 is 2.84 bits per heavy atom. The van der Waals surface area contributed by atoms with Crippen molar-refractivity contribution in [3.63, 3.8) is 0 Å². The van der Waals surface area contributed by atoms with Gasteiger partial charge in [0.05, 0.1) is 5.92 Å². The number of piperidine rings is 1. The quantitative estimate of drug-likeness (QED) is 0.860. The number of rotatable bonds is 5. The topological polar surface area (TPSA) is 60.8 Å². The van der Waals surface area contributed by atoms with Crippen LogP contribution in [-0.4, -0.2) is 40.2 Å². The Labute approximate surface area is 149 Å². The van der Waals surface area contributed by atoms with Gasteiger partial charge >= 0.3 is 5.97 Å². The molecule has 0 aromatic heterocycles. The molecule has 2 aliphatic carbocycles. The van der Waals surface area contributed by atoms with E-state index in [0.29, 0.717) is 24.1 Å². The molecule has 4 atom stereocenters. The van der Waals surface area contributed by atoms with Crippen molar-refractivity contribution in [2.75, 3.05) is 13.1 Å². The van der Waals surface area contributed by atoms with Crippen molar-refractivity contribution in [2.45, 2.75) is 57.4 Å². The number of carboxylic acids is 1. The molecule has 1 heterocycles. The fourth-order valence-electron chi connectivity index (χ4n) is 5.43. The highest BCUT2D eigenvalue weighted by atomic mass is 16.4. The molecule has 0 spiro atoms. The number of hydrogen-bond donors (Lipinski definition) is 2. The van der Waals surface area contributed by atoms with Gasteiger partial charge in [0, 0.05) is 18.0 Å². The third kappa shape index (κ3) is 2.84. The van der Waals surface area contributed by atoms with E-state index in [2.05, 4.69) is 17.9 Å². The van der Waals surface area contributed by atoms with Gasteiger partial charge in [0.25, 0.3) is 0 Å². The van der Waals surface area contributed by atoms with Gasteiger partial charge in [-0.2, -0.15) is 0 Å². The zero-order valence-corrected chi connectivity index (χ0v) is 15.2. The van der Waals surface area contributed by atoms with Crippen molar-refractivity contribution in [2.24, 2.45) is 17.8 Å². The van der Waals surface area contributed by atoms with Crippen LogP contribution in [0.1, 0.15) is 50.7 Å². The fraction of sp³-hybridized carbons (Fsp3) is 0.667. The Morgan fingerprint density at radius 1 is 1.40 bits per heavy atom. The highest BCUT2D eigenvalue weighted by Crippen LogP contribution is 2.53. The molecule has 136 valence electrons. The molecule has 25 heavy (non-hydrogen) atoms. The van der Waals surface area contributed by atoms with Crippen LogP contribution in [0, 0.1) is 17.8 Å². The third-order valence-electron chi connectivity index (χ3n) is 7.10. The van der Waals surface area contributed by atoms with Crippen molar-refractivity contribution in [1.82, 2.24) is 4.90 Å². The second-order valence-electron chi connectivity index (χ2n) is 8.69. The first-order valence-corrected chi connectivity index (χ1v) is 9.70. The van der Waals surface area contributed by atoms with E-state index in [-0.39, 0.29) is 11.3 Å². The van der Waals surface area contributed by atoms with E-state index in [4.69, 9.17) is 0 Å². The molecule has 1 aromatic carbocycles. The zero-order chi connectivity index (χ0) is 17.8. The summed E-state index contributed by atoms with van der Waals surface area (Å²) < 4.78 is 0.